The minimum Gasteiger partial charge on any atom is -1.00 e. The van der Waals surface area contributed by atoms with Crippen molar-refractivity contribution in [3.63, 3.8) is 0 Å². The third-order valence-electron chi connectivity index (χ3n) is 8.20. The van der Waals surface area contributed by atoms with Gasteiger partial charge < -0.3 is 24.8 Å². The summed E-state index contributed by atoms with van der Waals surface area (Å²) in [7, 11) is 1.08. The number of hydrogen-bond acceptors (Lipinski definition) is 0. The third kappa shape index (κ3) is 6.07. The van der Waals surface area contributed by atoms with E-state index in [1.54, 1.807) is 0 Å². The van der Waals surface area contributed by atoms with E-state index in [0.717, 1.165) is 28.8 Å². The largest absolute Gasteiger partial charge is 3.00 e. The van der Waals surface area contributed by atoms with E-state index in [4.69, 9.17) is 0 Å². The summed E-state index contributed by atoms with van der Waals surface area (Å²) in [6.07, 6.45) is 5.77. The molecule has 2 aliphatic carbocycles. The third-order valence-corrected chi connectivity index (χ3v) is 8.20. The van der Waals surface area contributed by atoms with Gasteiger partial charge in [-0.2, -0.15) is 18.2 Å². The van der Waals surface area contributed by atoms with Gasteiger partial charge in [0.1, 0.15) is 0 Å². The molecule has 0 saturated heterocycles. The molecule has 5 aromatic carbocycles. The maximum absolute atomic E-state index is 3.73. The predicted octanol–water partition coefficient (Wildman–Crippen LogP) is 4.31. The molecule has 209 valence electrons. The first-order chi connectivity index (χ1) is 19.2. The van der Waals surface area contributed by atoms with E-state index in [-0.39, 0.29) is 56.9 Å². The Balaban J connectivity index is 0.000000776. The zero-order valence-electron chi connectivity index (χ0n) is 24.7. The number of halogens is 2. The molecule has 0 amide bonds. The number of hydrogen-bond donors (Lipinski definition) is 0. The van der Waals surface area contributed by atoms with Crippen molar-refractivity contribution >= 4 is 26.4 Å². The first kappa shape index (κ1) is 34.3. The van der Waals surface area contributed by atoms with Crippen LogP contribution in [0.2, 0.25) is 13.1 Å². The Hall–Kier alpha value is -2.22. The van der Waals surface area contributed by atoms with Crippen molar-refractivity contribution in [3.8, 4) is 22.3 Å². The van der Waals surface area contributed by atoms with Gasteiger partial charge >= 0.3 is 26.2 Å². The summed E-state index contributed by atoms with van der Waals surface area (Å²) >= 11 is 0. The summed E-state index contributed by atoms with van der Waals surface area (Å²) in [5, 5.41) is 2.64. The van der Waals surface area contributed by atoms with Crippen LogP contribution in [0.3, 0.4) is 0 Å². The fourth-order valence-corrected chi connectivity index (χ4v) is 6.64. The molecule has 5 aromatic rings. The van der Waals surface area contributed by atoms with E-state index >= 15 is 0 Å². The van der Waals surface area contributed by atoms with Crippen LogP contribution in [0.4, 0.5) is 0 Å². The van der Waals surface area contributed by atoms with Crippen LogP contribution in [0, 0.1) is 13.0 Å². The Kier molecular flexibility index (Phi) is 12.2. The summed E-state index contributed by atoms with van der Waals surface area (Å²) in [6, 6.07) is 37.3. The van der Waals surface area contributed by atoms with Crippen LogP contribution in [-0.2, 0) is 32.6 Å². The van der Waals surface area contributed by atoms with E-state index in [0.29, 0.717) is 0 Å². The summed E-state index contributed by atoms with van der Waals surface area (Å²) in [6.45, 7) is 8.85. The smallest absolute Gasteiger partial charge is 1.00 e. The average Bonchev–Trinajstić information content (AvgIpc) is 3.52. The fraction of sp³-hybridized carbons (Fsp3) is 0.211. The number of allylic oxidation sites excluding steroid dienone is 1. The van der Waals surface area contributed by atoms with Gasteiger partial charge in [-0.15, -0.1) is 16.7 Å². The second-order valence-corrected chi connectivity index (χ2v) is 11.8. The molecule has 2 aliphatic rings. The van der Waals surface area contributed by atoms with Crippen LogP contribution in [0.5, 0.6) is 0 Å². The van der Waals surface area contributed by atoms with Crippen LogP contribution in [0.1, 0.15) is 59.1 Å². The number of fused-ring (bicyclic) bond motifs is 5. The maximum atomic E-state index is 3.73. The standard InChI is InChI=1S/C36H29.C2H6Si.2ClH.Zr/c1-3-10-26-22-34-30(35-23(2)19-20-24-11-4-7-14-28(24)35)16-9-18-32(34)36(26)31-17-8-15-29-27-13-6-5-12-25(27)21-33(29)31;1-3-2;;;/h4-9,11-16,18-20,22,36H,3,10,21H2,1-2H3;1-2H3;2*1H;/q-1;;;;+3/p-2. The molecule has 0 N–H and O–H groups in total. The molecule has 42 heavy (non-hydrogen) atoms. The molecular weight excluding hydrogens is 647 g/mol. The van der Waals surface area contributed by atoms with Crippen molar-refractivity contribution in [2.75, 3.05) is 0 Å². The van der Waals surface area contributed by atoms with Crippen LogP contribution >= 0.6 is 0 Å². The van der Waals surface area contributed by atoms with Crippen LogP contribution in [0.25, 0.3) is 39.1 Å². The summed E-state index contributed by atoms with van der Waals surface area (Å²) in [5.41, 5.74) is 15.5. The van der Waals surface area contributed by atoms with Gasteiger partial charge in [0.25, 0.3) is 0 Å². The zero-order chi connectivity index (χ0) is 26.9. The molecule has 1 atom stereocenters. The van der Waals surface area contributed by atoms with Crippen molar-refractivity contribution in [1.82, 2.24) is 0 Å². The summed E-state index contributed by atoms with van der Waals surface area (Å²) in [4.78, 5) is 0. The first-order valence-electron chi connectivity index (χ1n) is 14.2. The van der Waals surface area contributed by atoms with Gasteiger partial charge in [-0.1, -0.05) is 117 Å². The normalized spacial score (nSPS) is 13.7. The Morgan fingerprint density at radius 1 is 0.810 bits per heavy atom. The van der Waals surface area contributed by atoms with E-state index in [9.17, 15) is 0 Å². The molecule has 0 aromatic heterocycles. The van der Waals surface area contributed by atoms with Crippen molar-refractivity contribution < 1.29 is 51.0 Å². The molecule has 0 heterocycles. The number of benzene rings is 5. The Bertz CT molecular complexity index is 1720. The van der Waals surface area contributed by atoms with Gasteiger partial charge in [0, 0.05) is 15.4 Å². The molecule has 7 rings (SSSR count). The molecule has 0 aliphatic heterocycles. The minimum absolute atomic E-state index is 0. The van der Waals surface area contributed by atoms with Gasteiger partial charge in [-0.05, 0) is 69.5 Å². The van der Waals surface area contributed by atoms with Crippen molar-refractivity contribution in [2.45, 2.75) is 52.1 Å². The van der Waals surface area contributed by atoms with E-state index < -0.39 is 0 Å². The minimum atomic E-state index is 0. The molecule has 0 bridgehead atoms. The van der Waals surface area contributed by atoms with Gasteiger partial charge in [-0.25, -0.2) is 0 Å². The topological polar surface area (TPSA) is 0 Å². The molecule has 1 unspecified atom stereocenters. The molecule has 0 saturated carbocycles. The molecule has 0 nitrogen and oxygen atoms in total. The van der Waals surface area contributed by atoms with Crippen LogP contribution in [0.15, 0.2) is 96.6 Å². The quantitative estimate of drug-likeness (QED) is 0.192. The predicted molar refractivity (Wildman–Crippen MR) is 170 cm³/mol. The maximum Gasteiger partial charge on any atom is 3.00 e. The van der Waals surface area contributed by atoms with Crippen molar-refractivity contribution in [2.24, 2.45) is 0 Å². The van der Waals surface area contributed by atoms with Gasteiger partial charge in [-0.3, -0.25) is 0 Å². The Labute approximate surface area is 285 Å². The monoisotopic (exact) mass is 679 g/mol. The Morgan fingerprint density at radius 3 is 2.31 bits per heavy atom. The molecule has 0 fully saturated rings. The summed E-state index contributed by atoms with van der Waals surface area (Å²) in [5.74, 6) is 0.277. The molecule has 3 radical (unpaired) electrons. The summed E-state index contributed by atoms with van der Waals surface area (Å²) < 4.78 is 0. The van der Waals surface area contributed by atoms with Gasteiger partial charge in [0.2, 0.25) is 0 Å². The van der Waals surface area contributed by atoms with Crippen molar-refractivity contribution in [3.05, 3.63) is 136 Å². The molecular formula is C38H35Cl2SiZr. The molecule has 0 spiro atoms. The van der Waals surface area contributed by atoms with E-state index in [2.05, 4.69) is 130 Å². The second kappa shape index (κ2) is 15.0. The number of aryl methyl sites for hydroxylation is 1. The van der Waals surface area contributed by atoms with Crippen LogP contribution < -0.4 is 24.8 Å². The molecule has 4 heteroatoms. The van der Waals surface area contributed by atoms with E-state index in [1.165, 1.54) is 72.0 Å². The van der Waals surface area contributed by atoms with Gasteiger partial charge in [0.05, 0.1) is 0 Å². The van der Waals surface area contributed by atoms with Gasteiger partial charge in [0.15, 0.2) is 0 Å². The first-order valence-corrected chi connectivity index (χ1v) is 16.2. The SMILES string of the molecule is CCCC1=Cc2c(-c3c(C)ccc4ccccc34)cccc2C1c1[c-]ccc2c1Cc1ccccc1-2.C[Si]C.[Cl-].[Cl-].[Zr+3]. The number of rotatable bonds is 4. The van der Waals surface area contributed by atoms with Crippen LogP contribution in [-0.4, -0.2) is 9.52 Å². The second-order valence-electron chi connectivity index (χ2n) is 10.8. The van der Waals surface area contributed by atoms with E-state index in [1.807, 2.05) is 0 Å². The average molecular weight is 682 g/mol. The fourth-order valence-electron chi connectivity index (χ4n) is 6.64. The zero-order valence-corrected chi connectivity index (χ0v) is 29.7. The Morgan fingerprint density at radius 2 is 1.52 bits per heavy atom. The van der Waals surface area contributed by atoms with Crippen molar-refractivity contribution in [1.29, 1.82) is 0 Å².